The van der Waals surface area contributed by atoms with Crippen LogP contribution in [0.2, 0.25) is 0 Å². The zero-order valence-corrected chi connectivity index (χ0v) is 17.6. The van der Waals surface area contributed by atoms with Gasteiger partial charge >= 0.3 is 0 Å². The molecule has 1 aliphatic rings. The van der Waals surface area contributed by atoms with Crippen LogP contribution >= 0.6 is 0 Å². The third kappa shape index (κ3) is 3.56. The van der Waals surface area contributed by atoms with Gasteiger partial charge < -0.3 is 4.74 Å². The monoisotopic (exact) mass is 379 g/mol. The van der Waals surface area contributed by atoms with E-state index in [2.05, 4.69) is 45.0 Å². The molecule has 0 aromatic heterocycles. The van der Waals surface area contributed by atoms with E-state index in [0.717, 1.165) is 11.1 Å². The molecular formula is C24H29NO3. The average molecular weight is 380 g/mol. The first kappa shape index (κ1) is 20.1. The van der Waals surface area contributed by atoms with Crippen LogP contribution in [0.25, 0.3) is 0 Å². The molecule has 0 fully saturated rings. The van der Waals surface area contributed by atoms with Crippen molar-refractivity contribution in [3.8, 4) is 5.75 Å². The van der Waals surface area contributed by atoms with Crippen LogP contribution in [0.5, 0.6) is 5.75 Å². The highest BCUT2D eigenvalue weighted by molar-refractivity contribution is 6.13. The summed E-state index contributed by atoms with van der Waals surface area (Å²) >= 11 is 0. The summed E-state index contributed by atoms with van der Waals surface area (Å²) in [5.41, 5.74) is 3.04. The summed E-state index contributed by atoms with van der Waals surface area (Å²) < 4.78 is 5.27. The Morgan fingerprint density at radius 2 is 1.64 bits per heavy atom. The summed E-state index contributed by atoms with van der Waals surface area (Å²) in [5, 5.41) is 0. The van der Waals surface area contributed by atoms with Gasteiger partial charge in [0.05, 0.1) is 12.5 Å². The number of benzene rings is 2. The molecule has 0 aliphatic carbocycles. The number of hydrogen-bond donors (Lipinski definition) is 0. The summed E-state index contributed by atoms with van der Waals surface area (Å²) in [6.07, 6.45) is 0.636. The van der Waals surface area contributed by atoms with Gasteiger partial charge in [-0.15, -0.1) is 0 Å². The van der Waals surface area contributed by atoms with E-state index < -0.39 is 5.41 Å². The van der Waals surface area contributed by atoms with E-state index in [-0.39, 0.29) is 17.2 Å². The predicted molar refractivity (Wildman–Crippen MR) is 111 cm³/mol. The van der Waals surface area contributed by atoms with E-state index in [0.29, 0.717) is 24.3 Å². The molecule has 1 aliphatic heterocycles. The zero-order valence-electron chi connectivity index (χ0n) is 17.6. The van der Waals surface area contributed by atoms with Crippen molar-refractivity contribution in [2.24, 2.45) is 0 Å². The lowest BCUT2D eigenvalue weighted by molar-refractivity contribution is -0.134. The summed E-state index contributed by atoms with van der Waals surface area (Å²) in [4.78, 5) is 27.5. The van der Waals surface area contributed by atoms with Gasteiger partial charge in [-0.05, 0) is 54.5 Å². The molecule has 0 radical (unpaired) electrons. The quantitative estimate of drug-likeness (QED) is 0.735. The van der Waals surface area contributed by atoms with Crippen molar-refractivity contribution < 1.29 is 14.3 Å². The molecule has 0 spiro atoms. The summed E-state index contributed by atoms with van der Waals surface area (Å²) in [5.74, 6) is 0.223. The fourth-order valence-electron chi connectivity index (χ4n) is 3.68. The molecule has 3 rings (SSSR count). The highest BCUT2D eigenvalue weighted by Gasteiger charge is 2.44. The van der Waals surface area contributed by atoms with Crippen molar-refractivity contribution >= 4 is 11.8 Å². The van der Waals surface area contributed by atoms with E-state index in [1.54, 1.807) is 19.2 Å². The van der Waals surface area contributed by atoms with Gasteiger partial charge in [0.15, 0.2) is 0 Å². The Kier molecular flexibility index (Phi) is 5.09. The van der Waals surface area contributed by atoms with Crippen molar-refractivity contribution in [2.75, 3.05) is 13.7 Å². The molecule has 2 aromatic rings. The maximum Gasteiger partial charge on any atom is 0.260 e. The van der Waals surface area contributed by atoms with Crippen LogP contribution in [0, 0.1) is 0 Å². The lowest BCUT2D eigenvalue weighted by Crippen LogP contribution is -2.52. The number of hydrogen-bond acceptors (Lipinski definition) is 3. The number of carbonyl (C=O) groups excluding carboxylic acids is 2. The molecule has 0 saturated carbocycles. The minimum atomic E-state index is -0.744. The standard InChI is InChI=1S/C24H29NO3/c1-23(2,3)17-9-7-16(8-10-17)13-14-25-21(26)19-15-18(28-6)11-12-20(19)24(4,5)22(25)27/h7-12,15H,13-14H2,1-6H3. The molecule has 28 heavy (non-hydrogen) atoms. The van der Waals surface area contributed by atoms with Crippen LogP contribution in [0.3, 0.4) is 0 Å². The SMILES string of the molecule is COc1ccc2c(c1)C(=O)N(CCc1ccc(C(C)(C)C)cc1)C(=O)C2(C)C. The number of rotatable bonds is 4. The first-order valence-electron chi connectivity index (χ1n) is 9.70. The van der Waals surface area contributed by atoms with Crippen molar-refractivity contribution in [2.45, 2.75) is 51.9 Å². The highest BCUT2D eigenvalue weighted by atomic mass is 16.5. The van der Waals surface area contributed by atoms with Crippen molar-refractivity contribution in [3.05, 3.63) is 64.7 Å². The third-order valence-electron chi connectivity index (χ3n) is 5.60. The maximum atomic E-state index is 13.1. The Balaban J connectivity index is 1.84. The molecule has 148 valence electrons. The third-order valence-corrected chi connectivity index (χ3v) is 5.60. The van der Waals surface area contributed by atoms with E-state index in [4.69, 9.17) is 4.74 Å². The second kappa shape index (κ2) is 7.08. The Morgan fingerprint density at radius 1 is 1.00 bits per heavy atom. The zero-order chi connectivity index (χ0) is 20.7. The van der Waals surface area contributed by atoms with Crippen LogP contribution in [0.1, 0.15) is 61.7 Å². The molecule has 4 nitrogen and oxygen atoms in total. The summed E-state index contributed by atoms with van der Waals surface area (Å²) in [7, 11) is 1.57. The lowest BCUT2D eigenvalue weighted by Gasteiger charge is -2.37. The predicted octanol–water partition coefficient (Wildman–Crippen LogP) is 4.50. The Hall–Kier alpha value is -2.62. The molecule has 0 bridgehead atoms. The Labute approximate surface area is 167 Å². The summed E-state index contributed by atoms with van der Waals surface area (Å²) in [6, 6.07) is 13.8. The van der Waals surface area contributed by atoms with E-state index in [1.807, 2.05) is 19.9 Å². The molecule has 0 saturated heterocycles. The van der Waals surface area contributed by atoms with Crippen molar-refractivity contribution in [3.63, 3.8) is 0 Å². The van der Waals surface area contributed by atoms with Gasteiger partial charge in [-0.3, -0.25) is 14.5 Å². The van der Waals surface area contributed by atoms with Crippen molar-refractivity contribution in [1.29, 1.82) is 0 Å². The molecule has 2 aromatic carbocycles. The second-order valence-electron chi connectivity index (χ2n) is 9.00. The molecular weight excluding hydrogens is 350 g/mol. The molecule has 1 heterocycles. The first-order chi connectivity index (χ1) is 13.1. The first-order valence-corrected chi connectivity index (χ1v) is 9.70. The lowest BCUT2D eigenvalue weighted by atomic mass is 9.77. The number of methoxy groups -OCH3 is 1. The number of imide groups is 1. The van der Waals surface area contributed by atoms with Crippen LogP contribution in [0.4, 0.5) is 0 Å². The highest BCUT2D eigenvalue weighted by Crippen LogP contribution is 2.36. The minimum absolute atomic E-state index is 0.101. The van der Waals surface area contributed by atoms with E-state index in [9.17, 15) is 9.59 Å². The summed E-state index contributed by atoms with van der Waals surface area (Å²) in [6.45, 7) is 10.7. The maximum absolute atomic E-state index is 13.1. The average Bonchev–Trinajstić information content (AvgIpc) is 2.66. The molecule has 0 N–H and O–H groups in total. The van der Waals surface area contributed by atoms with Gasteiger partial charge in [0.25, 0.3) is 5.91 Å². The van der Waals surface area contributed by atoms with Crippen LogP contribution in [-0.2, 0) is 22.0 Å². The van der Waals surface area contributed by atoms with Gasteiger partial charge in [0.1, 0.15) is 5.75 Å². The van der Waals surface area contributed by atoms with Gasteiger partial charge in [-0.25, -0.2) is 0 Å². The molecule has 2 amide bonds. The Morgan fingerprint density at radius 3 is 2.21 bits per heavy atom. The van der Waals surface area contributed by atoms with Gasteiger partial charge in [0, 0.05) is 12.1 Å². The largest absolute Gasteiger partial charge is 0.497 e. The topological polar surface area (TPSA) is 46.6 Å². The number of carbonyl (C=O) groups is 2. The number of nitrogens with zero attached hydrogens (tertiary/aromatic N) is 1. The number of amides is 2. The minimum Gasteiger partial charge on any atom is -0.497 e. The van der Waals surface area contributed by atoms with Gasteiger partial charge in [0.2, 0.25) is 5.91 Å². The van der Waals surface area contributed by atoms with E-state index in [1.165, 1.54) is 10.5 Å². The van der Waals surface area contributed by atoms with E-state index >= 15 is 0 Å². The smallest absolute Gasteiger partial charge is 0.260 e. The van der Waals surface area contributed by atoms with Crippen molar-refractivity contribution in [1.82, 2.24) is 4.90 Å². The van der Waals surface area contributed by atoms with Crippen LogP contribution in [0.15, 0.2) is 42.5 Å². The fraction of sp³-hybridized carbons (Fsp3) is 0.417. The molecule has 4 heteroatoms. The van der Waals surface area contributed by atoms with Gasteiger partial charge in [-0.1, -0.05) is 51.1 Å². The van der Waals surface area contributed by atoms with Gasteiger partial charge in [-0.2, -0.15) is 0 Å². The molecule has 0 unspecified atom stereocenters. The number of ether oxygens (including phenoxy) is 1. The fourth-order valence-corrected chi connectivity index (χ4v) is 3.68. The normalized spacial score (nSPS) is 16.1. The van der Waals surface area contributed by atoms with Crippen LogP contribution < -0.4 is 4.74 Å². The molecule has 0 atom stereocenters. The number of fused-ring (bicyclic) bond motifs is 1. The second-order valence-corrected chi connectivity index (χ2v) is 9.00. The Bertz CT molecular complexity index is 904. The van der Waals surface area contributed by atoms with Crippen LogP contribution in [-0.4, -0.2) is 30.4 Å².